The molecule has 21 heavy (non-hydrogen) atoms. The third-order valence-corrected chi connectivity index (χ3v) is 3.86. The quantitative estimate of drug-likeness (QED) is 0.789. The van der Waals surface area contributed by atoms with Gasteiger partial charge < -0.3 is 14.6 Å². The van der Waals surface area contributed by atoms with E-state index in [0.29, 0.717) is 11.5 Å². The average molecular weight is 288 g/mol. The van der Waals surface area contributed by atoms with E-state index in [-0.39, 0.29) is 0 Å². The lowest BCUT2D eigenvalue weighted by molar-refractivity contribution is 0.352. The lowest BCUT2D eigenvalue weighted by atomic mass is 9.96. The maximum atomic E-state index is 10.2. The van der Waals surface area contributed by atoms with Crippen molar-refractivity contribution in [2.45, 2.75) is 39.5 Å². The zero-order chi connectivity index (χ0) is 15.4. The zero-order valence-corrected chi connectivity index (χ0v) is 13.3. The van der Waals surface area contributed by atoms with E-state index in [0.717, 1.165) is 40.5 Å². The van der Waals surface area contributed by atoms with Gasteiger partial charge in [0.2, 0.25) is 0 Å². The molecular formula is C18H24O3. The van der Waals surface area contributed by atoms with Crippen molar-refractivity contribution in [3.05, 3.63) is 29.3 Å². The minimum absolute atomic E-state index is 0.294. The Morgan fingerprint density at radius 1 is 1.00 bits per heavy atom. The number of phenolic OH excluding ortho intramolecular Hbond substituents is 1. The van der Waals surface area contributed by atoms with Crippen LogP contribution in [0.4, 0.5) is 0 Å². The number of unbranched alkanes of at least 4 members (excludes halogenated alkanes) is 2. The van der Waals surface area contributed by atoms with E-state index in [1.54, 1.807) is 20.3 Å². The van der Waals surface area contributed by atoms with Gasteiger partial charge >= 0.3 is 0 Å². The second-order valence-corrected chi connectivity index (χ2v) is 5.43. The number of benzene rings is 2. The smallest absolute Gasteiger partial charge is 0.164 e. The van der Waals surface area contributed by atoms with Crippen LogP contribution in [0.3, 0.4) is 0 Å². The van der Waals surface area contributed by atoms with Crippen LogP contribution in [0.5, 0.6) is 17.2 Å². The summed E-state index contributed by atoms with van der Waals surface area (Å²) in [6, 6.07) is 5.74. The van der Waals surface area contributed by atoms with Gasteiger partial charge in [0.15, 0.2) is 11.5 Å². The lowest BCUT2D eigenvalue weighted by Crippen LogP contribution is -1.98. The monoisotopic (exact) mass is 288 g/mol. The van der Waals surface area contributed by atoms with Crippen molar-refractivity contribution in [1.82, 2.24) is 0 Å². The highest BCUT2D eigenvalue weighted by Gasteiger charge is 2.16. The van der Waals surface area contributed by atoms with Gasteiger partial charge in [0, 0.05) is 10.9 Å². The molecule has 2 aromatic carbocycles. The Morgan fingerprint density at radius 3 is 2.38 bits per heavy atom. The van der Waals surface area contributed by atoms with E-state index in [1.165, 1.54) is 12.8 Å². The number of phenols is 1. The molecule has 0 aromatic heterocycles. The van der Waals surface area contributed by atoms with Crippen LogP contribution in [0, 0.1) is 6.92 Å². The number of fused-ring (bicyclic) bond motifs is 1. The normalized spacial score (nSPS) is 10.9. The van der Waals surface area contributed by atoms with Crippen LogP contribution < -0.4 is 9.47 Å². The zero-order valence-electron chi connectivity index (χ0n) is 13.3. The average Bonchev–Trinajstić information content (AvgIpc) is 2.47. The summed E-state index contributed by atoms with van der Waals surface area (Å²) in [7, 11) is 3.30. The summed E-state index contributed by atoms with van der Waals surface area (Å²) in [5, 5.41) is 12.1. The minimum Gasteiger partial charge on any atom is -0.507 e. The maximum Gasteiger partial charge on any atom is 0.164 e. The van der Waals surface area contributed by atoms with Gasteiger partial charge in [0.1, 0.15) is 5.75 Å². The van der Waals surface area contributed by atoms with E-state index >= 15 is 0 Å². The molecule has 2 aromatic rings. The van der Waals surface area contributed by atoms with Gasteiger partial charge in [0.05, 0.1) is 14.2 Å². The second kappa shape index (κ2) is 6.70. The fourth-order valence-corrected chi connectivity index (χ4v) is 2.82. The number of rotatable bonds is 6. The van der Waals surface area contributed by atoms with Crippen molar-refractivity contribution in [2.75, 3.05) is 14.2 Å². The Hall–Kier alpha value is -1.90. The number of hydrogen-bond acceptors (Lipinski definition) is 3. The predicted octanol–water partition coefficient (Wildman–Crippen LogP) is 4.60. The molecule has 0 saturated heterocycles. The van der Waals surface area contributed by atoms with Gasteiger partial charge in [-0.15, -0.1) is 0 Å². The SMILES string of the molecule is CCCCCc1c(OC)c(OC)cc2c(O)cc(C)cc12. The molecule has 0 radical (unpaired) electrons. The third-order valence-electron chi connectivity index (χ3n) is 3.86. The third kappa shape index (κ3) is 3.07. The van der Waals surface area contributed by atoms with Gasteiger partial charge in [-0.25, -0.2) is 0 Å². The Kier molecular flexibility index (Phi) is 4.94. The first-order valence-electron chi connectivity index (χ1n) is 7.49. The van der Waals surface area contributed by atoms with E-state index in [1.807, 2.05) is 13.0 Å². The summed E-state index contributed by atoms with van der Waals surface area (Å²) < 4.78 is 11.0. The molecule has 0 amide bonds. The molecular weight excluding hydrogens is 264 g/mol. The predicted molar refractivity (Wildman–Crippen MR) is 86.7 cm³/mol. The van der Waals surface area contributed by atoms with Crippen molar-refractivity contribution in [1.29, 1.82) is 0 Å². The molecule has 0 bridgehead atoms. The summed E-state index contributed by atoms with van der Waals surface area (Å²) >= 11 is 0. The lowest BCUT2D eigenvalue weighted by Gasteiger charge is -2.17. The van der Waals surface area contributed by atoms with E-state index < -0.39 is 0 Å². The van der Waals surface area contributed by atoms with E-state index in [9.17, 15) is 5.11 Å². The Labute approximate surface area is 126 Å². The minimum atomic E-state index is 0.294. The fraction of sp³-hybridized carbons (Fsp3) is 0.444. The molecule has 0 aliphatic carbocycles. The van der Waals surface area contributed by atoms with Crippen LogP contribution in [0.2, 0.25) is 0 Å². The standard InChI is InChI=1S/C18H24O3/c1-5-6-7-8-13-14-9-12(2)10-16(19)15(14)11-17(20-3)18(13)21-4/h9-11,19H,5-8H2,1-4H3. The largest absolute Gasteiger partial charge is 0.507 e. The first kappa shape index (κ1) is 15.5. The molecule has 0 atom stereocenters. The summed E-state index contributed by atoms with van der Waals surface area (Å²) in [6.45, 7) is 4.18. The molecule has 0 aliphatic rings. The van der Waals surface area contributed by atoms with Crippen molar-refractivity contribution in [3.63, 3.8) is 0 Å². The van der Waals surface area contributed by atoms with E-state index in [4.69, 9.17) is 9.47 Å². The molecule has 0 spiro atoms. The number of ether oxygens (including phenoxy) is 2. The summed E-state index contributed by atoms with van der Waals surface area (Å²) in [5.41, 5.74) is 2.17. The van der Waals surface area contributed by atoms with Gasteiger partial charge in [-0.1, -0.05) is 25.8 Å². The Bertz CT molecular complexity index is 632. The van der Waals surface area contributed by atoms with Crippen LogP contribution >= 0.6 is 0 Å². The van der Waals surface area contributed by atoms with Gasteiger partial charge in [-0.3, -0.25) is 0 Å². The van der Waals surface area contributed by atoms with Crippen LogP contribution in [-0.2, 0) is 6.42 Å². The van der Waals surface area contributed by atoms with Gasteiger partial charge in [0.25, 0.3) is 0 Å². The van der Waals surface area contributed by atoms with Crippen molar-refractivity contribution < 1.29 is 14.6 Å². The molecule has 0 aliphatic heterocycles. The summed E-state index contributed by atoms with van der Waals surface area (Å²) in [4.78, 5) is 0. The number of methoxy groups -OCH3 is 2. The summed E-state index contributed by atoms with van der Waals surface area (Å²) in [5.74, 6) is 1.75. The van der Waals surface area contributed by atoms with Crippen molar-refractivity contribution in [2.24, 2.45) is 0 Å². The van der Waals surface area contributed by atoms with Crippen molar-refractivity contribution >= 4 is 10.8 Å². The maximum absolute atomic E-state index is 10.2. The topological polar surface area (TPSA) is 38.7 Å². The highest BCUT2D eigenvalue weighted by molar-refractivity contribution is 5.95. The van der Waals surface area contributed by atoms with Gasteiger partial charge in [-0.05, 0) is 42.8 Å². The Morgan fingerprint density at radius 2 is 1.76 bits per heavy atom. The Balaban J connectivity index is 2.68. The summed E-state index contributed by atoms with van der Waals surface area (Å²) in [6.07, 6.45) is 4.38. The van der Waals surface area contributed by atoms with E-state index in [2.05, 4.69) is 13.0 Å². The molecule has 0 unspecified atom stereocenters. The van der Waals surface area contributed by atoms with Crippen LogP contribution in [0.25, 0.3) is 10.8 Å². The molecule has 1 N–H and O–H groups in total. The number of hydrogen-bond donors (Lipinski definition) is 1. The highest BCUT2D eigenvalue weighted by Crippen LogP contribution is 2.41. The second-order valence-electron chi connectivity index (χ2n) is 5.43. The first-order valence-corrected chi connectivity index (χ1v) is 7.49. The van der Waals surface area contributed by atoms with Gasteiger partial charge in [-0.2, -0.15) is 0 Å². The molecule has 0 fully saturated rings. The number of aryl methyl sites for hydroxylation is 2. The first-order chi connectivity index (χ1) is 10.1. The molecule has 3 nitrogen and oxygen atoms in total. The van der Waals surface area contributed by atoms with Crippen LogP contribution in [0.15, 0.2) is 18.2 Å². The van der Waals surface area contributed by atoms with Crippen LogP contribution in [-0.4, -0.2) is 19.3 Å². The molecule has 2 rings (SSSR count). The molecule has 3 heteroatoms. The highest BCUT2D eigenvalue weighted by atomic mass is 16.5. The van der Waals surface area contributed by atoms with Crippen molar-refractivity contribution in [3.8, 4) is 17.2 Å². The fourth-order valence-electron chi connectivity index (χ4n) is 2.82. The molecule has 0 saturated carbocycles. The van der Waals surface area contributed by atoms with Crippen LogP contribution in [0.1, 0.15) is 37.3 Å². The molecule has 114 valence electrons. The molecule has 0 heterocycles. The number of aromatic hydroxyl groups is 1.